The van der Waals surface area contributed by atoms with Crippen molar-refractivity contribution in [2.24, 2.45) is 0 Å². The van der Waals surface area contributed by atoms with Gasteiger partial charge in [-0.3, -0.25) is 50.3 Å². The number of nitrogen functional groups attached to an aromatic ring is 3. The molecule has 0 atom stereocenters. The van der Waals surface area contributed by atoms with Crippen LogP contribution < -0.4 is 85.6 Å². The number of carbonyl (C=O) groups excluding carboxylic acids is 3. The fourth-order valence-electron chi connectivity index (χ4n) is 1.39. The zero-order valence-corrected chi connectivity index (χ0v) is 29.1. The van der Waals surface area contributed by atoms with E-state index in [1.165, 1.54) is 20.8 Å². The fourth-order valence-corrected chi connectivity index (χ4v) is 1.39. The van der Waals surface area contributed by atoms with Crippen molar-refractivity contribution in [1.29, 1.82) is 0 Å². The maximum absolute atomic E-state index is 10.4. The second-order valence-corrected chi connectivity index (χ2v) is 7.29. The number of nitrogens with zero attached hydrogens (tertiary/aromatic N) is 9. The van der Waals surface area contributed by atoms with Gasteiger partial charge in [0, 0.05) is 32.7 Å². The number of rotatable bonds is 3. The minimum atomic E-state index is -4.94. The molecule has 3 heterocycles. The van der Waals surface area contributed by atoms with Gasteiger partial charge in [0.15, 0.2) is 17.8 Å². The molecule has 0 bridgehead atoms. The molecule has 34 nitrogen and oxygen atoms in total. The number of halogens is 2. The molecule has 316 valence electrons. The Hall–Kier alpha value is -3.27. The zero-order chi connectivity index (χ0) is 33.7. The molecule has 3 amide bonds. The van der Waals surface area contributed by atoms with Crippen LogP contribution in [-0.2, 0) is 65.6 Å². The molecular weight excluding hydrogens is 920 g/mol. The van der Waals surface area contributed by atoms with Crippen LogP contribution in [-0.4, -0.2) is 91.5 Å². The molecular formula is C12H32Cl2Cu3N15O19. The Kier molecular flexibility index (Phi) is 68.7. The van der Waals surface area contributed by atoms with Crippen molar-refractivity contribution in [3.63, 3.8) is 0 Å². The Morgan fingerprint density at radius 3 is 1.00 bits per heavy atom. The second-order valence-electron chi connectivity index (χ2n) is 5.78. The Balaban J connectivity index is -0.0000000361. The van der Waals surface area contributed by atoms with Crippen LogP contribution in [0.15, 0.2) is 0 Å². The molecule has 0 aromatic carbocycles. The van der Waals surface area contributed by atoms with Crippen molar-refractivity contribution in [3.8, 4) is 0 Å². The molecule has 0 fully saturated rings. The van der Waals surface area contributed by atoms with Crippen LogP contribution >= 0.6 is 0 Å². The Bertz CT molecular complexity index is 1050. The van der Waals surface area contributed by atoms with E-state index in [1.54, 1.807) is 0 Å². The number of nitrogens with one attached hydrogen (secondary N) is 3. The number of anilines is 6. The van der Waals surface area contributed by atoms with E-state index < -0.39 is 20.5 Å². The second kappa shape index (κ2) is 42.9. The van der Waals surface area contributed by atoms with Gasteiger partial charge >= 0.3 is 51.2 Å². The Labute approximate surface area is 318 Å². The summed E-state index contributed by atoms with van der Waals surface area (Å²) in [5.74, 6) is -0.122. The predicted octanol–water partition coefficient (Wildman–Crippen LogP) is -17.5. The summed E-state index contributed by atoms with van der Waals surface area (Å²) in [4.78, 5) is 41.8. The number of hydrogen-bond acceptors (Lipinski definition) is 22. The van der Waals surface area contributed by atoms with Crippen molar-refractivity contribution < 1.29 is 167 Å². The van der Waals surface area contributed by atoms with Crippen molar-refractivity contribution in [2.75, 3.05) is 33.2 Å². The third-order valence-electron chi connectivity index (χ3n) is 2.27. The number of amides is 3. The fraction of sp³-hybridized carbons (Fsp3) is 0.250. The smallest absolute Gasteiger partial charge is 0.452 e. The van der Waals surface area contributed by atoms with Crippen LogP contribution in [0.25, 0.3) is 0 Å². The third kappa shape index (κ3) is 73.2. The standard InChI is InChI=1S/3C4H7N5O.2ClHO4.3Cu.H2O2.6H2O/c3*1-2(10)6-4-7-3(5)8-9-4;2*2-1(3,4)5;;;;1-2;;;;;;/h3*1H3,(H4,5,6,7,8,9,10);2*(H,2,3,4,5);;;;1-2H;6*1H2/q;;;;;+1;2*+2;;;;;;;/p-5. The van der Waals surface area contributed by atoms with Gasteiger partial charge in [-0.25, -0.2) is 37.3 Å². The normalized spacial score (nSPS) is 7.94. The van der Waals surface area contributed by atoms with E-state index in [1.807, 2.05) is 0 Å². The average molecular weight is 952 g/mol. The summed E-state index contributed by atoms with van der Waals surface area (Å²) < 4.78 is 67.9. The van der Waals surface area contributed by atoms with Crippen molar-refractivity contribution in [1.82, 2.24) is 45.5 Å². The van der Waals surface area contributed by atoms with Crippen molar-refractivity contribution >= 4 is 53.4 Å². The first-order valence-electron chi connectivity index (χ1n) is 9.20. The van der Waals surface area contributed by atoms with Gasteiger partial charge in [-0.1, -0.05) is 0 Å². The molecule has 23 N–H and O–H groups in total. The van der Waals surface area contributed by atoms with Crippen LogP contribution in [0, 0.1) is 20.5 Å². The van der Waals surface area contributed by atoms with Crippen LogP contribution in [0.1, 0.15) is 20.8 Å². The molecule has 3 aromatic rings. The van der Waals surface area contributed by atoms with E-state index >= 15 is 0 Å². The minimum Gasteiger partial charge on any atom is -0.452 e. The summed E-state index contributed by atoms with van der Waals surface area (Å²) in [6, 6.07) is 0. The summed E-state index contributed by atoms with van der Waals surface area (Å²) in [5.41, 5.74) is 15.4. The molecule has 39 heteroatoms. The molecule has 0 aliphatic rings. The van der Waals surface area contributed by atoms with Crippen LogP contribution in [0.4, 0.5) is 35.7 Å². The van der Waals surface area contributed by atoms with Crippen LogP contribution in [0.5, 0.6) is 0 Å². The summed E-state index contributed by atoms with van der Waals surface area (Å²) in [6.07, 6.45) is 0. The van der Waals surface area contributed by atoms with Gasteiger partial charge in [0.2, 0.25) is 11.8 Å². The number of aromatic nitrogens is 9. The van der Waals surface area contributed by atoms with E-state index in [-0.39, 0.29) is 137 Å². The summed E-state index contributed by atoms with van der Waals surface area (Å²) in [5, 5.41) is 39.4. The third-order valence-corrected chi connectivity index (χ3v) is 2.27. The topological polar surface area (TPSA) is 699 Å². The summed E-state index contributed by atoms with van der Waals surface area (Å²) in [7, 11) is -9.89. The Morgan fingerprint density at radius 2 is 0.843 bits per heavy atom. The Morgan fingerprint density at radius 1 is 0.588 bits per heavy atom. The molecule has 0 aliphatic heterocycles. The number of carbonyl (C=O) groups is 3. The number of nitrogens with two attached hydrogens (primary N) is 3. The molecule has 0 saturated heterocycles. The summed E-state index contributed by atoms with van der Waals surface area (Å²) in [6.45, 7) is 4.06. The van der Waals surface area contributed by atoms with Gasteiger partial charge in [0.25, 0.3) is 0 Å². The number of hydrogen-bond donors (Lipinski definition) is 8. The first-order chi connectivity index (χ1) is 19.0. The molecule has 0 unspecified atom stereocenters. The molecule has 0 spiro atoms. The van der Waals surface area contributed by atoms with E-state index in [2.05, 4.69) is 61.5 Å². The van der Waals surface area contributed by atoms with Gasteiger partial charge in [-0.2, -0.15) is 10.2 Å². The minimum absolute atomic E-state index is 0. The predicted molar refractivity (Wildman–Crippen MR) is 129 cm³/mol. The molecule has 3 rings (SSSR count). The molecule has 51 heavy (non-hydrogen) atoms. The van der Waals surface area contributed by atoms with Gasteiger partial charge in [-0.15, -0.1) is 20.5 Å². The van der Waals surface area contributed by atoms with E-state index in [0.29, 0.717) is 0 Å². The largest absolute Gasteiger partial charge is 2.00 e. The van der Waals surface area contributed by atoms with Gasteiger partial charge in [0.05, 0.1) is 0 Å². The molecule has 0 saturated carbocycles. The molecule has 2 radical (unpaired) electrons. The van der Waals surface area contributed by atoms with Gasteiger partial charge in [-0.05, 0) is 0 Å². The quantitative estimate of drug-likeness (QED) is 0.0686. The maximum Gasteiger partial charge on any atom is 2.00 e. The van der Waals surface area contributed by atoms with Gasteiger partial charge < -0.3 is 76.0 Å². The first kappa shape index (κ1) is 81.6. The van der Waals surface area contributed by atoms with E-state index in [9.17, 15) is 14.4 Å². The monoisotopic (exact) mass is 949 g/mol. The molecule has 3 aromatic heterocycles. The van der Waals surface area contributed by atoms with Crippen LogP contribution in [0.3, 0.4) is 0 Å². The van der Waals surface area contributed by atoms with E-state index in [0.717, 1.165) is 0 Å². The SMILES string of the molecule is CC(=O)Nc1n[n-]c(N)n1.CC(=O)Nc1n[n-]c(N)n1.CC(=O)Nc1nnc(N)[n-]1.O.O.O.O.O.O.OO.[Cu+2].[Cu+2].[Cu+].[O-][Cl+3]([O-])([O-])[O-].[O-][Cl+3]([O-])([O-])[O-]. The zero-order valence-electron chi connectivity index (χ0n) is 24.8. The summed E-state index contributed by atoms with van der Waals surface area (Å²) >= 11 is 0. The van der Waals surface area contributed by atoms with Gasteiger partial charge in [0.1, 0.15) is 11.9 Å². The molecule has 0 aliphatic carbocycles. The maximum atomic E-state index is 10.4. The van der Waals surface area contributed by atoms with E-state index in [4.69, 9.17) is 65.0 Å². The van der Waals surface area contributed by atoms with Crippen molar-refractivity contribution in [3.05, 3.63) is 0 Å². The van der Waals surface area contributed by atoms with Crippen LogP contribution in [0.2, 0.25) is 0 Å². The average Bonchev–Trinajstić information content (AvgIpc) is 3.49. The first-order valence-corrected chi connectivity index (χ1v) is 11.7. The van der Waals surface area contributed by atoms with Crippen molar-refractivity contribution in [2.45, 2.75) is 20.8 Å².